The molecular formula is C31H36ClN5O2S. The molecule has 0 spiro atoms. The lowest BCUT2D eigenvalue weighted by molar-refractivity contribution is 0.312. The van der Waals surface area contributed by atoms with Crippen LogP contribution in [-0.2, 0) is 16.4 Å². The Labute approximate surface area is 242 Å². The summed E-state index contributed by atoms with van der Waals surface area (Å²) in [6.45, 7) is 5.75. The van der Waals surface area contributed by atoms with Crippen molar-refractivity contribution in [3.05, 3.63) is 89.7 Å². The molecule has 0 saturated carbocycles. The van der Waals surface area contributed by atoms with Crippen molar-refractivity contribution in [2.75, 3.05) is 57.8 Å². The Morgan fingerprint density at radius 1 is 0.900 bits per heavy atom. The zero-order chi connectivity index (χ0) is 28.0. The lowest BCUT2D eigenvalue weighted by Crippen LogP contribution is -2.44. The van der Waals surface area contributed by atoms with E-state index >= 15 is 0 Å². The van der Waals surface area contributed by atoms with Gasteiger partial charge in [0.05, 0.1) is 4.90 Å². The van der Waals surface area contributed by atoms with Gasteiger partial charge < -0.3 is 15.1 Å². The van der Waals surface area contributed by atoms with Crippen LogP contribution in [0.4, 0.5) is 5.69 Å². The number of sulfonamides is 1. The van der Waals surface area contributed by atoms with Gasteiger partial charge in [-0.2, -0.15) is 0 Å². The van der Waals surface area contributed by atoms with Crippen LogP contribution in [0.3, 0.4) is 0 Å². The van der Waals surface area contributed by atoms with Gasteiger partial charge in [-0.1, -0.05) is 48.0 Å². The molecule has 40 heavy (non-hydrogen) atoms. The van der Waals surface area contributed by atoms with Crippen molar-refractivity contribution >= 4 is 38.1 Å². The van der Waals surface area contributed by atoms with Crippen molar-refractivity contribution in [3.63, 3.8) is 0 Å². The number of fused-ring (bicyclic) bond motifs is 1. The lowest BCUT2D eigenvalue weighted by Gasteiger charge is -2.35. The van der Waals surface area contributed by atoms with Gasteiger partial charge in [-0.25, -0.2) is 13.1 Å². The summed E-state index contributed by atoms with van der Waals surface area (Å²) in [5.41, 5.74) is 4.34. The zero-order valence-corrected chi connectivity index (χ0v) is 24.4. The van der Waals surface area contributed by atoms with E-state index in [0.29, 0.717) is 18.5 Å². The standard InChI is InChI=1S/C31H36ClN5O2S/c1-36-16-18-37(19-17-36)30-22-28(32)10-9-25(30)8-5-12-33-14-15-35-40(38,39)31-21-26(24-6-3-2-4-7-24)20-27-23-34-13-11-29(27)31/h2-4,6-7,9-11,13,20-23,33,35H,5,8,12,14-19H2,1H3. The average molecular weight is 578 g/mol. The first-order chi connectivity index (χ1) is 19.4. The molecule has 9 heteroatoms. The van der Waals surface area contributed by atoms with E-state index in [-0.39, 0.29) is 4.90 Å². The first-order valence-corrected chi connectivity index (χ1v) is 15.6. The maximum absolute atomic E-state index is 13.4. The molecule has 1 aliphatic rings. The molecule has 0 bridgehead atoms. The second-order valence-corrected chi connectivity index (χ2v) is 12.4. The summed E-state index contributed by atoms with van der Waals surface area (Å²) >= 11 is 6.33. The fraction of sp³-hybridized carbons (Fsp3) is 0.323. The van der Waals surface area contributed by atoms with Gasteiger partial charge in [0.1, 0.15) is 0 Å². The van der Waals surface area contributed by atoms with E-state index in [0.717, 1.165) is 67.1 Å². The highest BCUT2D eigenvalue weighted by Crippen LogP contribution is 2.30. The van der Waals surface area contributed by atoms with Crippen molar-refractivity contribution in [1.29, 1.82) is 0 Å². The zero-order valence-electron chi connectivity index (χ0n) is 22.8. The highest BCUT2D eigenvalue weighted by atomic mass is 35.5. The number of nitrogens with one attached hydrogen (secondary N) is 2. The number of anilines is 1. The van der Waals surface area contributed by atoms with Crippen molar-refractivity contribution in [1.82, 2.24) is 19.9 Å². The number of aryl methyl sites for hydroxylation is 1. The highest BCUT2D eigenvalue weighted by Gasteiger charge is 2.19. The van der Waals surface area contributed by atoms with Crippen LogP contribution < -0.4 is 14.9 Å². The molecule has 1 saturated heterocycles. The van der Waals surface area contributed by atoms with Gasteiger partial charge in [0.25, 0.3) is 0 Å². The molecule has 4 aromatic rings. The van der Waals surface area contributed by atoms with Crippen LogP contribution in [0.2, 0.25) is 5.02 Å². The van der Waals surface area contributed by atoms with E-state index < -0.39 is 10.0 Å². The fourth-order valence-electron chi connectivity index (χ4n) is 5.16. The summed E-state index contributed by atoms with van der Waals surface area (Å²) in [5, 5.41) is 5.61. The summed E-state index contributed by atoms with van der Waals surface area (Å²) in [4.78, 5) is 9.24. The van der Waals surface area contributed by atoms with E-state index in [1.165, 1.54) is 11.3 Å². The third kappa shape index (κ3) is 7.00. The van der Waals surface area contributed by atoms with Crippen molar-refractivity contribution in [3.8, 4) is 11.1 Å². The molecule has 1 aliphatic heterocycles. The maximum atomic E-state index is 13.4. The van der Waals surface area contributed by atoms with Crippen LogP contribution in [0.1, 0.15) is 12.0 Å². The first kappa shape index (κ1) is 28.5. The Morgan fingerprint density at radius 2 is 1.70 bits per heavy atom. The Kier molecular flexibility index (Phi) is 9.34. The summed E-state index contributed by atoms with van der Waals surface area (Å²) in [6, 6.07) is 21.4. The van der Waals surface area contributed by atoms with E-state index in [9.17, 15) is 8.42 Å². The van der Waals surface area contributed by atoms with Gasteiger partial charge in [-0.3, -0.25) is 4.98 Å². The molecule has 1 fully saturated rings. The largest absolute Gasteiger partial charge is 0.369 e. The van der Waals surface area contributed by atoms with Crippen molar-refractivity contribution in [2.45, 2.75) is 17.7 Å². The number of likely N-dealkylation sites (N-methyl/N-ethyl adjacent to an activating group) is 1. The van der Waals surface area contributed by atoms with Crippen LogP contribution in [0.15, 0.2) is 84.0 Å². The molecule has 2 heterocycles. The van der Waals surface area contributed by atoms with Gasteiger partial charge in [0.15, 0.2) is 0 Å². The van der Waals surface area contributed by atoms with Crippen LogP contribution in [0.5, 0.6) is 0 Å². The Bertz CT molecular complexity index is 1540. The van der Waals surface area contributed by atoms with E-state index in [2.05, 4.69) is 44.0 Å². The molecule has 0 atom stereocenters. The predicted octanol–water partition coefficient (Wildman–Crippen LogP) is 4.81. The second kappa shape index (κ2) is 13.1. The fourth-order valence-corrected chi connectivity index (χ4v) is 6.61. The maximum Gasteiger partial charge on any atom is 0.241 e. The minimum absolute atomic E-state index is 0.269. The van der Waals surface area contributed by atoms with Crippen LogP contribution in [0, 0.1) is 0 Å². The minimum atomic E-state index is -3.72. The molecule has 0 amide bonds. The first-order valence-electron chi connectivity index (χ1n) is 13.8. The summed E-state index contributed by atoms with van der Waals surface area (Å²) in [6.07, 6.45) is 5.22. The third-order valence-electron chi connectivity index (χ3n) is 7.40. The normalized spacial score (nSPS) is 14.6. The number of hydrogen-bond donors (Lipinski definition) is 2. The minimum Gasteiger partial charge on any atom is -0.369 e. The van der Waals surface area contributed by atoms with Crippen LogP contribution >= 0.6 is 11.6 Å². The van der Waals surface area contributed by atoms with Crippen LogP contribution in [0.25, 0.3) is 21.9 Å². The number of aromatic nitrogens is 1. The molecule has 2 N–H and O–H groups in total. The molecular weight excluding hydrogens is 542 g/mol. The topological polar surface area (TPSA) is 77.6 Å². The molecule has 0 unspecified atom stereocenters. The molecule has 7 nitrogen and oxygen atoms in total. The van der Waals surface area contributed by atoms with E-state index in [4.69, 9.17) is 11.6 Å². The summed E-state index contributed by atoms with van der Waals surface area (Å²) < 4.78 is 29.5. The van der Waals surface area contributed by atoms with Crippen molar-refractivity contribution in [2.24, 2.45) is 0 Å². The summed E-state index contributed by atoms with van der Waals surface area (Å²) in [5.74, 6) is 0. The van der Waals surface area contributed by atoms with E-state index in [1.54, 1.807) is 24.5 Å². The second-order valence-electron chi connectivity index (χ2n) is 10.3. The number of pyridine rings is 1. The number of nitrogens with zero attached hydrogens (tertiary/aromatic N) is 3. The van der Waals surface area contributed by atoms with Gasteiger partial charge in [0, 0.05) is 73.1 Å². The predicted molar refractivity (Wildman–Crippen MR) is 165 cm³/mol. The molecule has 0 radical (unpaired) electrons. The lowest BCUT2D eigenvalue weighted by atomic mass is 10.0. The Hall–Kier alpha value is -3.01. The number of rotatable bonds is 11. The quantitative estimate of drug-likeness (QED) is 0.249. The SMILES string of the molecule is CN1CCN(c2cc(Cl)ccc2CCCNCCNS(=O)(=O)c2cc(-c3ccccc3)cc3cnccc23)CC1. The molecule has 0 aliphatic carbocycles. The molecule has 210 valence electrons. The van der Waals surface area contributed by atoms with Gasteiger partial charge in [-0.05, 0) is 73.5 Å². The monoisotopic (exact) mass is 577 g/mol. The molecule has 3 aromatic carbocycles. The Morgan fingerprint density at radius 3 is 2.50 bits per heavy atom. The number of piperazine rings is 1. The summed E-state index contributed by atoms with van der Waals surface area (Å²) in [7, 11) is -1.56. The smallest absolute Gasteiger partial charge is 0.241 e. The number of benzene rings is 3. The number of hydrogen-bond acceptors (Lipinski definition) is 6. The van der Waals surface area contributed by atoms with Gasteiger partial charge >= 0.3 is 0 Å². The average Bonchev–Trinajstić information content (AvgIpc) is 2.97. The van der Waals surface area contributed by atoms with Crippen LogP contribution in [-0.4, -0.2) is 71.2 Å². The number of halogens is 1. The molecule has 1 aromatic heterocycles. The van der Waals surface area contributed by atoms with Gasteiger partial charge in [0.2, 0.25) is 10.0 Å². The third-order valence-corrected chi connectivity index (χ3v) is 9.13. The Balaban J connectivity index is 1.16. The highest BCUT2D eigenvalue weighted by molar-refractivity contribution is 7.89. The molecule has 5 rings (SSSR count). The van der Waals surface area contributed by atoms with E-state index in [1.807, 2.05) is 42.5 Å². The van der Waals surface area contributed by atoms with Crippen molar-refractivity contribution < 1.29 is 8.42 Å². The van der Waals surface area contributed by atoms with Gasteiger partial charge in [-0.15, -0.1) is 0 Å².